The molecule has 0 bridgehead atoms. The molecular formula is C13H29N3O. The number of rotatable bonds is 4. The number of piperazine rings is 1. The fraction of sp³-hybridized carbons (Fsp3) is 0.923. The van der Waals surface area contributed by atoms with Crippen LogP contribution >= 0.6 is 0 Å². The second-order valence-electron chi connectivity index (χ2n) is 4.23. The summed E-state index contributed by atoms with van der Waals surface area (Å²) in [5.41, 5.74) is 0. The van der Waals surface area contributed by atoms with Crippen molar-refractivity contribution in [3.05, 3.63) is 0 Å². The Balaban J connectivity index is 0.00000121. The van der Waals surface area contributed by atoms with Crippen molar-refractivity contribution in [2.24, 2.45) is 0 Å². The van der Waals surface area contributed by atoms with E-state index < -0.39 is 0 Å². The van der Waals surface area contributed by atoms with Crippen LogP contribution in [0.2, 0.25) is 0 Å². The van der Waals surface area contributed by atoms with E-state index in [1.54, 1.807) is 0 Å². The molecule has 2 amide bonds. The molecule has 1 N–H and O–H groups in total. The van der Waals surface area contributed by atoms with Gasteiger partial charge in [0, 0.05) is 32.7 Å². The number of amides is 2. The molecule has 0 saturated carbocycles. The first kappa shape index (κ1) is 16.2. The monoisotopic (exact) mass is 243 g/mol. The van der Waals surface area contributed by atoms with E-state index in [4.69, 9.17) is 0 Å². The molecule has 4 heteroatoms. The molecule has 1 aliphatic heterocycles. The smallest absolute Gasteiger partial charge is 0.317 e. The second-order valence-corrected chi connectivity index (χ2v) is 4.23. The van der Waals surface area contributed by atoms with Gasteiger partial charge in [-0.15, -0.1) is 0 Å². The topological polar surface area (TPSA) is 35.6 Å². The number of hydrogen-bond acceptors (Lipinski definition) is 2. The van der Waals surface area contributed by atoms with Crippen LogP contribution in [0.1, 0.15) is 40.0 Å². The van der Waals surface area contributed by atoms with Crippen molar-refractivity contribution in [1.82, 2.24) is 15.1 Å². The highest BCUT2D eigenvalue weighted by Gasteiger charge is 2.17. The maximum absolute atomic E-state index is 11.7. The molecule has 17 heavy (non-hydrogen) atoms. The molecule has 1 heterocycles. The van der Waals surface area contributed by atoms with E-state index in [0.717, 1.165) is 39.1 Å². The van der Waals surface area contributed by atoms with Gasteiger partial charge in [-0.1, -0.05) is 33.6 Å². The van der Waals surface area contributed by atoms with Crippen molar-refractivity contribution >= 4 is 6.03 Å². The van der Waals surface area contributed by atoms with E-state index in [9.17, 15) is 4.79 Å². The lowest BCUT2D eigenvalue weighted by Crippen LogP contribution is -2.50. The van der Waals surface area contributed by atoms with Gasteiger partial charge >= 0.3 is 6.03 Å². The Kier molecular flexibility index (Phi) is 9.92. The number of nitrogens with one attached hydrogen (secondary N) is 1. The predicted octanol–water partition coefficient (Wildman–Crippen LogP) is 2.16. The Morgan fingerprint density at radius 2 is 1.71 bits per heavy atom. The van der Waals surface area contributed by atoms with Crippen molar-refractivity contribution in [3.63, 3.8) is 0 Å². The summed E-state index contributed by atoms with van der Waals surface area (Å²) >= 11 is 0. The zero-order valence-electron chi connectivity index (χ0n) is 12.0. The summed E-state index contributed by atoms with van der Waals surface area (Å²) in [7, 11) is 2.09. The molecule has 1 fully saturated rings. The van der Waals surface area contributed by atoms with Crippen LogP contribution in [0, 0.1) is 0 Å². The van der Waals surface area contributed by atoms with Crippen molar-refractivity contribution < 1.29 is 4.79 Å². The molecule has 102 valence electrons. The van der Waals surface area contributed by atoms with Crippen LogP contribution in [0.25, 0.3) is 0 Å². The second kappa shape index (κ2) is 10.4. The Bertz CT molecular complexity index is 189. The molecule has 4 nitrogen and oxygen atoms in total. The fourth-order valence-electron chi connectivity index (χ4n) is 1.69. The van der Waals surface area contributed by atoms with Crippen LogP contribution in [0.4, 0.5) is 4.79 Å². The van der Waals surface area contributed by atoms with Crippen molar-refractivity contribution in [3.8, 4) is 0 Å². The van der Waals surface area contributed by atoms with Crippen molar-refractivity contribution in [2.75, 3.05) is 39.8 Å². The third-order valence-electron chi connectivity index (χ3n) is 2.85. The minimum atomic E-state index is 0.110. The summed E-state index contributed by atoms with van der Waals surface area (Å²) in [6.07, 6.45) is 3.49. The Labute approximate surface area is 106 Å². The number of hydrogen-bond donors (Lipinski definition) is 1. The maximum atomic E-state index is 11.7. The maximum Gasteiger partial charge on any atom is 0.317 e. The third-order valence-corrected chi connectivity index (χ3v) is 2.85. The van der Waals surface area contributed by atoms with Crippen LogP contribution in [-0.2, 0) is 0 Å². The van der Waals surface area contributed by atoms with Crippen molar-refractivity contribution in [2.45, 2.75) is 40.0 Å². The first-order chi connectivity index (χ1) is 8.24. The average Bonchev–Trinajstić information content (AvgIpc) is 2.38. The standard InChI is InChI=1S/C11H23N3O.C2H6/c1-3-4-5-6-12-11(15)14-9-7-13(2)8-10-14;1-2/h3-10H2,1-2H3,(H,12,15);1-2H3. The molecule has 0 unspecified atom stereocenters. The summed E-state index contributed by atoms with van der Waals surface area (Å²) in [4.78, 5) is 15.8. The number of urea groups is 1. The molecular weight excluding hydrogens is 214 g/mol. The number of likely N-dealkylation sites (N-methyl/N-ethyl adjacent to an activating group) is 1. The average molecular weight is 243 g/mol. The molecule has 0 aromatic carbocycles. The SMILES string of the molecule is CC.CCCCCNC(=O)N1CCN(C)CC1. The van der Waals surface area contributed by atoms with Gasteiger partial charge in [-0.3, -0.25) is 0 Å². The van der Waals surface area contributed by atoms with Gasteiger partial charge in [0.2, 0.25) is 0 Å². The van der Waals surface area contributed by atoms with Crippen LogP contribution < -0.4 is 5.32 Å². The highest BCUT2D eigenvalue weighted by molar-refractivity contribution is 5.74. The van der Waals surface area contributed by atoms with Gasteiger partial charge in [0.25, 0.3) is 0 Å². The van der Waals surface area contributed by atoms with Gasteiger partial charge in [0.1, 0.15) is 0 Å². The molecule has 0 aromatic rings. The van der Waals surface area contributed by atoms with Crippen LogP contribution in [0.3, 0.4) is 0 Å². The predicted molar refractivity (Wildman–Crippen MR) is 73.3 cm³/mol. The quantitative estimate of drug-likeness (QED) is 0.768. The minimum Gasteiger partial charge on any atom is -0.338 e. The van der Waals surface area contributed by atoms with E-state index in [2.05, 4.69) is 24.2 Å². The van der Waals surface area contributed by atoms with Crippen LogP contribution in [-0.4, -0.2) is 55.6 Å². The summed E-state index contributed by atoms with van der Waals surface area (Å²) < 4.78 is 0. The lowest BCUT2D eigenvalue weighted by atomic mass is 10.2. The summed E-state index contributed by atoms with van der Waals surface area (Å²) in [5.74, 6) is 0. The molecule has 0 radical (unpaired) electrons. The molecule has 1 rings (SSSR count). The number of unbranched alkanes of at least 4 members (excludes halogenated alkanes) is 2. The highest BCUT2D eigenvalue weighted by atomic mass is 16.2. The zero-order chi connectivity index (χ0) is 13.1. The van der Waals surface area contributed by atoms with Crippen molar-refractivity contribution in [1.29, 1.82) is 0 Å². The number of nitrogens with zero attached hydrogens (tertiary/aromatic N) is 2. The van der Waals surface area contributed by atoms with Crippen LogP contribution in [0.15, 0.2) is 0 Å². The van der Waals surface area contributed by atoms with E-state index >= 15 is 0 Å². The van der Waals surface area contributed by atoms with E-state index in [1.807, 2.05) is 18.7 Å². The van der Waals surface area contributed by atoms with E-state index in [0.29, 0.717) is 0 Å². The minimum absolute atomic E-state index is 0.110. The highest BCUT2D eigenvalue weighted by Crippen LogP contribution is 1.99. The van der Waals surface area contributed by atoms with Gasteiger partial charge in [-0.25, -0.2) is 4.79 Å². The van der Waals surface area contributed by atoms with Gasteiger partial charge < -0.3 is 15.1 Å². The van der Waals surface area contributed by atoms with Gasteiger partial charge in [0.05, 0.1) is 0 Å². The van der Waals surface area contributed by atoms with E-state index in [-0.39, 0.29) is 6.03 Å². The first-order valence-corrected chi connectivity index (χ1v) is 6.95. The van der Waals surface area contributed by atoms with Crippen LogP contribution in [0.5, 0.6) is 0 Å². The summed E-state index contributed by atoms with van der Waals surface area (Å²) in [6, 6.07) is 0.110. The fourth-order valence-corrected chi connectivity index (χ4v) is 1.69. The van der Waals surface area contributed by atoms with Gasteiger partial charge in [-0.2, -0.15) is 0 Å². The Hall–Kier alpha value is -0.770. The Morgan fingerprint density at radius 1 is 1.12 bits per heavy atom. The third kappa shape index (κ3) is 7.21. The molecule has 1 aliphatic rings. The normalized spacial score (nSPS) is 16.1. The summed E-state index contributed by atoms with van der Waals surface area (Å²) in [6.45, 7) is 10.7. The molecule has 0 spiro atoms. The first-order valence-electron chi connectivity index (χ1n) is 6.95. The zero-order valence-corrected chi connectivity index (χ0v) is 12.0. The molecule has 0 aromatic heterocycles. The number of carbonyl (C=O) groups excluding carboxylic acids is 1. The van der Waals surface area contributed by atoms with E-state index in [1.165, 1.54) is 12.8 Å². The lowest BCUT2D eigenvalue weighted by molar-refractivity contribution is 0.154. The molecule has 0 aliphatic carbocycles. The Morgan fingerprint density at radius 3 is 2.24 bits per heavy atom. The molecule has 1 saturated heterocycles. The largest absolute Gasteiger partial charge is 0.338 e. The molecule has 0 atom stereocenters. The summed E-state index contributed by atoms with van der Waals surface area (Å²) in [5, 5.41) is 2.97. The van der Waals surface area contributed by atoms with Gasteiger partial charge in [0.15, 0.2) is 0 Å². The van der Waals surface area contributed by atoms with Gasteiger partial charge in [-0.05, 0) is 13.5 Å². The lowest BCUT2D eigenvalue weighted by Gasteiger charge is -2.32. The number of carbonyl (C=O) groups is 1.